The lowest BCUT2D eigenvalue weighted by atomic mass is 9.98. The van der Waals surface area contributed by atoms with Crippen LogP contribution in [0.3, 0.4) is 0 Å². The molecule has 5 rings (SSSR count). The third-order valence-corrected chi connectivity index (χ3v) is 5.71. The molecule has 1 heterocycles. The summed E-state index contributed by atoms with van der Waals surface area (Å²) in [5.41, 5.74) is 6.20. The molecule has 6 heteroatoms. The van der Waals surface area contributed by atoms with E-state index in [0.29, 0.717) is 24.4 Å². The first-order valence-corrected chi connectivity index (χ1v) is 10.8. The molecule has 0 atom stereocenters. The van der Waals surface area contributed by atoms with E-state index < -0.39 is 6.09 Å². The van der Waals surface area contributed by atoms with Crippen molar-refractivity contribution < 1.29 is 19.1 Å². The summed E-state index contributed by atoms with van der Waals surface area (Å²) in [5, 5.41) is 5.51. The van der Waals surface area contributed by atoms with Crippen molar-refractivity contribution in [1.29, 1.82) is 0 Å². The Hall–Kier alpha value is -4.24. The number of alkyl carbamates (subject to hydrolysis) is 1. The Balaban J connectivity index is 1.11. The first kappa shape index (κ1) is 20.7. The molecule has 3 aromatic rings. The number of hydrogen-bond acceptors (Lipinski definition) is 4. The largest absolute Gasteiger partial charge is 0.482 e. The quantitative estimate of drug-likeness (QED) is 0.471. The molecule has 0 aromatic heterocycles. The second kappa shape index (κ2) is 9.09. The number of benzene rings is 3. The van der Waals surface area contributed by atoms with Crippen molar-refractivity contribution in [1.82, 2.24) is 5.32 Å². The van der Waals surface area contributed by atoms with Crippen LogP contribution >= 0.6 is 0 Å². The SMILES string of the molecule is O=C1COc2cc(C#CCCNC(=O)OCC3c4ccccc4-c4ccccc43)ccc2N1. The molecule has 2 amide bonds. The van der Waals surface area contributed by atoms with Crippen molar-refractivity contribution in [3.05, 3.63) is 83.4 Å². The van der Waals surface area contributed by atoms with E-state index in [9.17, 15) is 9.59 Å². The lowest BCUT2D eigenvalue weighted by molar-refractivity contribution is -0.118. The number of carbonyl (C=O) groups is 2. The van der Waals surface area contributed by atoms with Gasteiger partial charge in [0.25, 0.3) is 5.91 Å². The number of rotatable bonds is 4. The highest BCUT2D eigenvalue weighted by Crippen LogP contribution is 2.44. The van der Waals surface area contributed by atoms with Gasteiger partial charge in [-0.05, 0) is 40.5 Å². The number of fused-ring (bicyclic) bond motifs is 4. The number of hydrogen-bond donors (Lipinski definition) is 2. The van der Waals surface area contributed by atoms with Crippen molar-refractivity contribution in [2.75, 3.05) is 25.1 Å². The maximum atomic E-state index is 12.2. The lowest BCUT2D eigenvalue weighted by Gasteiger charge is -2.17. The Morgan fingerprint density at radius 3 is 2.55 bits per heavy atom. The highest BCUT2D eigenvalue weighted by molar-refractivity contribution is 5.95. The van der Waals surface area contributed by atoms with Crippen molar-refractivity contribution in [3.8, 4) is 28.7 Å². The molecule has 6 nitrogen and oxygen atoms in total. The second-order valence-electron chi connectivity index (χ2n) is 7.85. The molecule has 2 N–H and O–H groups in total. The minimum Gasteiger partial charge on any atom is -0.482 e. The predicted octanol–water partition coefficient (Wildman–Crippen LogP) is 4.30. The Morgan fingerprint density at radius 1 is 1.06 bits per heavy atom. The van der Waals surface area contributed by atoms with Crippen molar-refractivity contribution in [3.63, 3.8) is 0 Å². The van der Waals surface area contributed by atoms with E-state index in [0.717, 1.165) is 5.56 Å². The average Bonchev–Trinajstić information content (AvgIpc) is 3.16. The minimum atomic E-state index is -0.448. The van der Waals surface area contributed by atoms with Gasteiger partial charge in [-0.15, -0.1) is 0 Å². The summed E-state index contributed by atoms with van der Waals surface area (Å²) in [6.45, 7) is 0.687. The number of carbonyl (C=O) groups excluding carboxylic acids is 2. The van der Waals surface area contributed by atoms with E-state index in [1.54, 1.807) is 12.1 Å². The van der Waals surface area contributed by atoms with Gasteiger partial charge in [0.05, 0.1) is 5.69 Å². The molecule has 164 valence electrons. The predicted molar refractivity (Wildman–Crippen MR) is 125 cm³/mol. The van der Waals surface area contributed by atoms with E-state index in [-0.39, 0.29) is 25.0 Å². The van der Waals surface area contributed by atoms with Gasteiger partial charge in [-0.3, -0.25) is 4.79 Å². The summed E-state index contributed by atoms with van der Waals surface area (Å²) in [4.78, 5) is 23.5. The number of nitrogens with one attached hydrogen (secondary N) is 2. The van der Waals surface area contributed by atoms with E-state index >= 15 is 0 Å². The minimum absolute atomic E-state index is 0.00788. The molecule has 0 unspecified atom stereocenters. The van der Waals surface area contributed by atoms with Crippen molar-refractivity contribution >= 4 is 17.7 Å². The zero-order chi connectivity index (χ0) is 22.6. The Bertz CT molecular complexity index is 1240. The molecule has 0 saturated carbocycles. The van der Waals surface area contributed by atoms with Gasteiger partial charge in [0.2, 0.25) is 0 Å². The van der Waals surface area contributed by atoms with E-state index in [1.165, 1.54) is 22.3 Å². The summed E-state index contributed by atoms with van der Waals surface area (Å²) in [7, 11) is 0. The molecule has 1 aliphatic carbocycles. The third kappa shape index (κ3) is 4.39. The van der Waals surface area contributed by atoms with Crippen LogP contribution in [0.15, 0.2) is 66.7 Å². The van der Waals surface area contributed by atoms with Gasteiger partial charge in [-0.25, -0.2) is 4.79 Å². The maximum absolute atomic E-state index is 12.2. The van der Waals surface area contributed by atoms with Crippen LogP contribution in [0.25, 0.3) is 11.1 Å². The van der Waals surface area contributed by atoms with Gasteiger partial charge < -0.3 is 20.1 Å². The second-order valence-corrected chi connectivity index (χ2v) is 7.85. The van der Waals surface area contributed by atoms with Crippen molar-refractivity contribution in [2.24, 2.45) is 0 Å². The molecule has 0 fully saturated rings. The highest BCUT2D eigenvalue weighted by atomic mass is 16.5. The summed E-state index contributed by atoms with van der Waals surface area (Å²) in [6, 6.07) is 21.9. The Morgan fingerprint density at radius 2 is 1.79 bits per heavy atom. The van der Waals surface area contributed by atoms with Crippen LogP contribution in [0.5, 0.6) is 5.75 Å². The van der Waals surface area contributed by atoms with E-state index in [1.807, 2.05) is 30.3 Å². The molecule has 3 aromatic carbocycles. The first-order chi connectivity index (χ1) is 16.2. The fourth-order valence-corrected chi connectivity index (χ4v) is 4.19. The molecule has 0 bridgehead atoms. The molecule has 2 aliphatic rings. The third-order valence-electron chi connectivity index (χ3n) is 5.71. The standard InChI is InChI=1S/C27H22N2O4/c30-26-17-32-25-15-18(12-13-24(25)29-26)7-5-6-14-28-27(31)33-16-23-21-10-3-1-8-19(21)20-9-2-4-11-22(20)23/h1-4,8-13,15,23H,6,14,16-17H2,(H,28,31)(H,29,30). The molecule has 33 heavy (non-hydrogen) atoms. The van der Waals surface area contributed by atoms with Crippen LogP contribution in [0.1, 0.15) is 29.0 Å². The molecular weight excluding hydrogens is 416 g/mol. The van der Waals surface area contributed by atoms with E-state index in [4.69, 9.17) is 9.47 Å². The van der Waals surface area contributed by atoms with Gasteiger partial charge in [0.15, 0.2) is 6.61 Å². The smallest absolute Gasteiger partial charge is 0.407 e. The van der Waals surface area contributed by atoms with Crippen LogP contribution in [0.2, 0.25) is 0 Å². The number of ether oxygens (including phenoxy) is 2. The van der Waals surface area contributed by atoms with E-state index in [2.05, 4.69) is 46.7 Å². The fraction of sp³-hybridized carbons (Fsp3) is 0.185. The number of anilines is 1. The van der Waals surface area contributed by atoms with Crippen LogP contribution < -0.4 is 15.4 Å². The van der Waals surface area contributed by atoms with Crippen LogP contribution in [0, 0.1) is 11.8 Å². The summed E-state index contributed by atoms with van der Waals surface area (Å²) < 4.78 is 10.9. The monoisotopic (exact) mass is 438 g/mol. The van der Waals surface area contributed by atoms with Gasteiger partial charge >= 0.3 is 6.09 Å². The average molecular weight is 438 g/mol. The summed E-state index contributed by atoms with van der Waals surface area (Å²) >= 11 is 0. The molecule has 0 radical (unpaired) electrons. The summed E-state index contributed by atoms with van der Waals surface area (Å²) in [6.07, 6.45) is 0.0374. The lowest BCUT2D eigenvalue weighted by Crippen LogP contribution is -2.26. The molecule has 0 spiro atoms. The van der Waals surface area contributed by atoms with Crippen molar-refractivity contribution in [2.45, 2.75) is 12.3 Å². The van der Waals surface area contributed by atoms with Crippen LogP contribution in [0.4, 0.5) is 10.5 Å². The Labute approximate surface area is 191 Å². The van der Waals surface area contributed by atoms with Gasteiger partial charge in [0.1, 0.15) is 12.4 Å². The van der Waals surface area contributed by atoms with Gasteiger partial charge in [0, 0.05) is 24.4 Å². The maximum Gasteiger partial charge on any atom is 0.407 e. The molecule has 0 saturated heterocycles. The highest BCUT2D eigenvalue weighted by Gasteiger charge is 2.28. The topological polar surface area (TPSA) is 76.7 Å². The van der Waals surface area contributed by atoms with Gasteiger partial charge in [-0.1, -0.05) is 60.4 Å². The normalized spacial score (nSPS) is 13.4. The molecule has 1 aliphatic heterocycles. The van der Waals surface area contributed by atoms with Gasteiger partial charge in [-0.2, -0.15) is 0 Å². The zero-order valence-electron chi connectivity index (χ0n) is 17.9. The fourth-order valence-electron chi connectivity index (χ4n) is 4.19. The number of amides is 2. The summed E-state index contributed by atoms with van der Waals surface area (Å²) in [5.74, 6) is 6.56. The molecular formula is C27H22N2O4. The Kier molecular flexibility index (Phi) is 5.69. The first-order valence-electron chi connectivity index (χ1n) is 10.8. The van der Waals surface area contributed by atoms with Crippen LogP contribution in [-0.2, 0) is 9.53 Å². The van der Waals surface area contributed by atoms with Crippen LogP contribution in [-0.4, -0.2) is 31.8 Å². The zero-order valence-corrected chi connectivity index (χ0v) is 17.9.